The van der Waals surface area contributed by atoms with Crippen LogP contribution in [0.5, 0.6) is 0 Å². The maximum Gasteiger partial charge on any atom is 0.396 e. The van der Waals surface area contributed by atoms with Gasteiger partial charge in [-0.2, -0.15) is 18.2 Å². The van der Waals surface area contributed by atoms with E-state index >= 15 is 4.39 Å². The Balaban J connectivity index is 1.23. The summed E-state index contributed by atoms with van der Waals surface area (Å²) in [7, 11) is 0. The van der Waals surface area contributed by atoms with E-state index in [1.165, 1.54) is 6.07 Å². The minimum absolute atomic E-state index is 0.00487. The molecule has 2 aromatic rings. The number of rotatable bonds is 5. The van der Waals surface area contributed by atoms with E-state index in [2.05, 4.69) is 22.1 Å². The molecule has 6 rings (SSSR count). The Morgan fingerprint density at radius 2 is 2.05 bits per heavy atom. The van der Waals surface area contributed by atoms with E-state index in [-0.39, 0.29) is 17.1 Å². The summed E-state index contributed by atoms with van der Waals surface area (Å²) in [6, 6.07) is 3.24. The van der Waals surface area contributed by atoms with Crippen LogP contribution in [-0.2, 0) is 17.6 Å². The number of fused-ring (bicyclic) bond motifs is 1. The topological polar surface area (TPSA) is 70.8 Å². The predicted molar refractivity (Wildman–Crippen MR) is 129 cm³/mol. The lowest BCUT2D eigenvalue weighted by molar-refractivity contribution is -0.130. The van der Waals surface area contributed by atoms with Crippen molar-refractivity contribution in [2.75, 3.05) is 48.0 Å². The molecule has 0 bridgehead atoms. The highest BCUT2D eigenvalue weighted by Crippen LogP contribution is 2.41. The van der Waals surface area contributed by atoms with Crippen LogP contribution in [0.3, 0.4) is 0 Å². The number of hydrogen-bond acceptors (Lipinski definition) is 6. The molecule has 2 saturated heterocycles. The fourth-order valence-electron chi connectivity index (χ4n) is 6.29. The number of nitrogens with zero attached hydrogens (tertiary/aromatic N) is 3. The Labute approximate surface area is 212 Å². The fourth-order valence-corrected chi connectivity index (χ4v) is 6.29. The van der Waals surface area contributed by atoms with Gasteiger partial charge in [0.2, 0.25) is 0 Å². The number of carbonyl (C=O) groups is 1. The predicted octanol–water partition coefficient (Wildman–Crippen LogP) is 4.95. The minimum Gasteiger partial charge on any atom is -0.427 e. The first-order valence-electron chi connectivity index (χ1n) is 12.9. The first-order chi connectivity index (χ1) is 17.6. The van der Waals surface area contributed by atoms with E-state index in [0.717, 1.165) is 31.2 Å². The quantitative estimate of drug-likeness (QED) is 0.561. The van der Waals surface area contributed by atoms with Gasteiger partial charge in [-0.1, -0.05) is 6.92 Å². The Bertz CT molecular complexity index is 1210. The molecule has 3 aliphatic heterocycles. The molecule has 3 fully saturated rings. The van der Waals surface area contributed by atoms with Crippen molar-refractivity contribution < 1.29 is 31.5 Å². The van der Waals surface area contributed by atoms with Crippen molar-refractivity contribution in [3.8, 4) is 0 Å². The fraction of sp³-hybridized carbons (Fsp3) is 0.615. The number of carbonyl (C=O) groups excluding carboxylic acids is 1. The second-order valence-corrected chi connectivity index (χ2v) is 11.2. The SMILES string of the molecule is CC1CCC(N2CCc3cc(NC(=O)c4nc(N5CCC6(COC6)C5)oc4CC(F)(F)F)cc(F)c32)C1. The van der Waals surface area contributed by atoms with E-state index in [1.807, 2.05) is 0 Å². The summed E-state index contributed by atoms with van der Waals surface area (Å²) in [5, 5.41) is 2.56. The summed E-state index contributed by atoms with van der Waals surface area (Å²) in [5.41, 5.74) is 1.09. The average Bonchev–Trinajstić information content (AvgIpc) is 3.56. The Morgan fingerprint density at radius 3 is 2.70 bits per heavy atom. The van der Waals surface area contributed by atoms with Gasteiger partial charge in [0.25, 0.3) is 11.9 Å². The number of aromatic nitrogens is 1. The molecule has 7 nitrogen and oxygen atoms in total. The van der Waals surface area contributed by atoms with Crippen LogP contribution in [-0.4, -0.2) is 56.0 Å². The van der Waals surface area contributed by atoms with E-state index in [1.54, 1.807) is 11.0 Å². The van der Waals surface area contributed by atoms with Gasteiger partial charge in [-0.05, 0) is 55.7 Å². The highest BCUT2D eigenvalue weighted by atomic mass is 19.4. The number of amides is 1. The number of oxazole rings is 1. The van der Waals surface area contributed by atoms with Gasteiger partial charge in [0.05, 0.1) is 18.9 Å². The molecular formula is C26H30F4N4O3. The molecule has 11 heteroatoms. The molecule has 37 heavy (non-hydrogen) atoms. The van der Waals surface area contributed by atoms with Crippen LogP contribution in [0.1, 0.15) is 54.4 Å². The number of benzene rings is 1. The third kappa shape index (κ3) is 4.66. The van der Waals surface area contributed by atoms with Gasteiger partial charge in [0, 0.05) is 36.8 Å². The molecule has 1 aromatic carbocycles. The zero-order valence-corrected chi connectivity index (χ0v) is 20.7. The maximum atomic E-state index is 15.2. The van der Waals surface area contributed by atoms with Gasteiger partial charge in [0.1, 0.15) is 18.0 Å². The molecule has 2 atom stereocenters. The zero-order chi connectivity index (χ0) is 25.9. The summed E-state index contributed by atoms with van der Waals surface area (Å²) in [4.78, 5) is 21.1. The second kappa shape index (κ2) is 8.89. The molecule has 1 saturated carbocycles. The molecule has 1 aromatic heterocycles. The van der Waals surface area contributed by atoms with Gasteiger partial charge in [-0.3, -0.25) is 4.79 Å². The number of anilines is 3. The molecule has 4 aliphatic rings. The summed E-state index contributed by atoms with van der Waals surface area (Å²) in [5.74, 6) is -1.23. The molecule has 200 valence electrons. The van der Waals surface area contributed by atoms with E-state index in [9.17, 15) is 18.0 Å². The molecular weight excluding hydrogens is 492 g/mol. The zero-order valence-electron chi connectivity index (χ0n) is 20.7. The standard InChI is InChI=1S/C26H30F4N4O3/c1-15-2-3-18(8-15)34-6-4-16-9-17(10-19(27)22(16)34)31-23(35)21-20(11-26(28,29)30)37-24(32-21)33-7-5-25(12-33)13-36-14-25/h9-10,15,18H,2-8,11-14H2,1H3,(H,31,35). The van der Waals surface area contributed by atoms with Gasteiger partial charge in [-0.15, -0.1) is 0 Å². The second-order valence-electron chi connectivity index (χ2n) is 11.2. The first kappa shape index (κ1) is 24.5. The molecule has 1 aliphatic carbocycles. The van der Waals surface area contributed by atoms with Gasteiger partial charge >= 0.3 is 6.18 Å². The highest BCUT2D eigenvalue weighted by molar-refractivity contribution is 6.04. The molecule has 1 amide bonds. The van der Waals surface area contributed by atoms with Gasteiger partial charge in [-0.25, -0.2) is 4.39 Å². The average molecular weight is 523 g/mol. The first-order valence-corrected chi connectivity index (χ1v) is 12.9. The van der Waals surface area contributed by atoms with Crippen molar-refractivity contribution in [2.45, 2.75) is 57.7 Å². The van der Waals surface area contributed by atoms with Crippen molar-refractivity contribution >= 4 is 23.3 Å². The summed E-state index contributed by atoms with van der Waals surface area (Å²) >= 11 is 0. The Hall–Kier alpha value is -2.82. The largest absolute Gasteiger partial charge is 0.427 e. The molecule has 1 spiro atoms. The van der Waals surface area contributed by atoms with Crippen molar-refractivity contribution in [2.24, 2.45) is 11.3 Å². The Morgan fingerprint density at radius 1 is 1.24 bits per heavy atom. The molecule has 1 N–H and O–H groups in total. The molecule has 2 unspecified atom stereocenters. The van der Waals surface area contributed by atoms with E-state index < -0.39 is 35.8 Å². The van der Waals surface area contributed by atoms with Crippen molar-refractivity contribution in [3.05, 3.63) is 35.0 Å². The van der Waals surface area contributed by atoms with Gasteiger partial charge < -0.3 is 24.3 Å². The number of nitrogens with one attached hydrogen (secondary N) is 1. The summed E-state index contributed by atoms with van der Waals surface area (Å²) in [6.45, 7) is 5.21. The minimum atomic E-state index is -4.58. The van der Waals surface area contributed by atoms with Crippen molar-refractivity contribution in [1.29, 1.82) is 0 Å². The van der Waals surface area contributed by atoms with Crippen LogP contribution in [0.2, 0.25) is 0 Å². The van der Waals surface area contributed by atoms with Crippen LogP contribution in [0.4, 0.5) is 35.0 Å². The third-order valence-corrected chi connectivity index (χ3v) is 8.20. The maximum absolute atomic E-state index is 15.2. The third-order valence-electron chi connectivity index (χ3n) is 8.20. The van der Waals surface area contributed by atoms with Crippen LogP contribution < -0.4 is 15.1 Å². The highest BCUT2D eigenvalue weighted by Gasteiger charge is 2.46. The number of alkyl halides is 3. The van der Waals surface area contributed by atoms with Crippen LogP contribution >= 0.6 is 0 Å². The van der Waals surface area contributed by atoms with E-state index in [0.29, 0.717) is 56.9 Å². The summed E-state index contributed by atoms with van der Waals surface area (Å²) < 4.78 is 65.8. The van der Waals surface area contributed by atoms with Crippen LogP contribution in [0.15, 0.2) is 16.5 Å². The Kier molecular flexibility index (Phi) is 5.89. The van der Waals surface area contributed by atoms with Crippen molar-refractivity contribution in [1.82, 2.24) is 4.98 Å². The number of hydrogen-bond donors (Lipinski definition) is 1. The van der Waals surface area contributed by atoms with E-state index in [4.69, 9.17) is 9.15 Å². The lowest BCUT2D eigenvalue weighted by atomic mass is 9.85. The smallest absolute Gasteiger partial charge is 0.396 e. The van der Waals surface area contributed by atoms with Gasteiger partial charge in [0.15, 0.2) is 5.69 Å². The van der Waals surface area contributed by atoms with Crippen LogP contribution in [0, 0.1) is 17.2 Å². The number of ether oxygens (including phenoxy) is 1. The van der Waals surface area contributed by atoms with Crippen molar-refractivity contribution in [3.63, 3.8) is 0 Å². The lowest BCUT2D eigenvalue weighted by Gasteiger charge is -2.37. The van der Waals surface area contributed by atoms with Crippen LogP contribution in [0.25, 0.3) is 0 Å². The normalized spacial score (nSPS) is 24.6. The molecule has 4 heterocycles. The summed E-state index contributed by atoms with van der Waals surface area (Å²) in [6.07, 6.45) is -1.36. The number of halogens is 4. The monoisotopic (exact) mass is 522 g/mol. The lowest BCUT2D eigenvalue weighted by Crippen LogP contribution is -2.44. The molecule has 0 radical (unpaired) electrons.